The monoisotopic (exact) mass is 647 g/mol. The Labute approximate surface area is 268 Å². The molecule has 0 aliphatic carbocycles. The lowest BCUT2D eigenvalue weighted by molar-refractivity contribution is -0.122. The molecule has 1 saturated heterocycles. The van der Waals surface area contributed by atoms with E-state index in [1.807, 2.05) is 0 Å². The molecule has 1 aromatic carbocycles. The number of nitrogens with one attached hydrogen (secondary N) is 1. The summed E-state index contributed by atoms with van der Waals surface area (Å²) in [6.45, 7) is 3.09. The second-order valence-corrected chi connectivity index (χ2v) is 14.0. The number of aromatic nitrogens is 2. The Bertz CT molecular complexity index is 1230. The number of nitrogens with zero attached hydrogens (tertiary/aromatic N) is 2. The number of benzene rings is 1. The number of carbonyl (C=O) groups excluding carboxylic acids is 1. The van der Waals surface area contributed by atoms with Crippen LogP contribution in [0.2, 0.25) is 0 Å². The second kappa shape index (κ2) is 20.4. The lowest BCUT2D eigenvalue weighted by Gasteiger charge is -2.29. The topological polar surface area (TPSA) is 161 Å². The standard InChI is InChI=1S/C33H54N5O6P/c1-2-3-4-5-6-7-8-9-10-11-12-13-14-15-21-36-32(39)30(34)23-27-16-18-28(19-17-27)44-45(41)26-42-29(25-43-45)24-38-22-20-31(35)37-33(38)40/h16-20,22,29-30H,2-15,21,23-26,34H2,1H3,(H,36,39)(H2,35,37,40)/t29-,30-,45?/m0/s1. The molecule has 0 radical (unpaired) electrons. The molecule has 1 fully saturated rings. The zero-order chi connectivity index (χ0) is 32.3. The molecule has 2 aromatic rings. The first-order chi connectivity index (χ1) is 21.8. The summed E-state index contributed by atoms with van der Waals surface area (Å²) in [4.78, 5) is 28.1. The van der Waals surface area contributed by atoms with E-state index in [4.69, 9.17) is 25.3 Å². The van der Waals surface area contributed by atoms with Crippen LogP contribution in [0, 0.1) is 0 Å². The van der Waals surface area contributed by atoms with Crippen LogP contribution < -0.4 is 27.0 Å². The van der Waals surface area contributed by atoms with Gasteiger partial charge in [-0.15, -0.1) is 0 Å². The van der Waals surface area contributed by atoms with Crippen LogP contribution in [0.4, 0.5) is 5.82 Å². The molecule has 252 valence electrons. The molecule has 2 heterocycles. The second-order valence-electron chi connectivity index (χ2n) is 12.0. The van der Waals surface area contributed by atoms with Gasteiger partial charge in [0.25, 0.3) is 0 Å². The first kappa shape index (κ1) is 36.7. The summed E-state index contributed by atoms with van der Waals surface area (Å²) in [6, 6.07) is 7.78. The van der Waals surface area contributed by atoms with Gasteiger partial charge in [0.15, 0.2) is 6.35 Å². The van der Waals surface area contributed by atoms with Crippen LogP contribution in [-0.2, 0) is 31.6 Å². The summed E-state index contributed by atoms with van der Waals surface area (Å²) in [6.07, 6.45) is 19.4. The third kappa shape index (κ3) is 14.5. The van der Waals surface area contributed by atoms with Gasteiger partial charge in [0, 0.05) is 12.7 Å². The van der Waals surface area contributed by atoms with Crippen molar-refractivity contribution < 1.29 is 23.1 Å². The summed E-state index contributed by atoms with van der Waals surface area (Å²) < 4.78 is 31.2. The highest BCUT2D eigenvalue weighted by Crippen LogP contribution is 2.50. The largest absolute Gasteiger partial charge is 0.423 e. The minimum absolute atomic E-state index is 0.00446. The van der Waals surface area contributed by atoms with Crippen LogP contribution in [0.3, 0.4) is 0 Å². The van der Waals surface area contributed by atoms with Crippen molar-refractivity contribution in [3.05, 3.63) is 52.6 Å². The van der Waals surface area contributed by atoms with Crippen LogP contribution >= 0.6 is 7.60 Å². The number of unbranched alkanes of at least 4 members (excludes halogenated alkanes) is 13. The maximum Gasteiger partial charge on any atom is 0.404 e. The van der Waals surface area contributed by atoms with Crippen LogP contribution in [0.1, 0.15) is 102 Å². The molecule has 11 nitrogen and oxygen atoms in total. The van der Waals surface area contributed by atoms with Crippen molar-refractivity contribution in [1.82, 2.24) is 14.9 Å². The van der Waals surface area contributed by atoms with E-state index < -0.39 is 25.4 Å². The molecule has 45 heavy (non-hydrogen) atoms. The number of amides is 1. The number of nitrogens with two attached hydrogens (primary N) is 2. The lowest BCUT2D eigenvalue weighted by atomic mass is 10.0. The molecule has 12 heteroatoms. The number of hydrogen-bond donors (Lipinski definition) is 3. The van der Waals surface area contributed by atoms with Crippen molar-refractivity contribution in [2.45, 2.75) is 122 Å². The molecule has 5 N–H and O–H groups in total. The number of ether oxygens (including phenoxy) is 1. The van der Waals surface area contributed by atoms with Crippen LogP contribution in [0.5, 0.6) is 5.75 Å². The van der Waals surface area contributed by atoms with Gasteiger partial charge in [0.05, 0.1) is 19.2 Å². The predicted molar refractivity (Wildman–Crippen MR) is 178 cm³/mol. The van der Waals surface area contributed by atoms with Gasteiger partial charge in [-0.3, -0.25) is 13.9 Å². The van der Waals surface area contributed by atoms with E-state index in [2.05, 4.69) is 17.2 Å². The van der Waals surface area contributed by atoms with Gasteiger partial charge in [-0.2, -0.15) is 4.98 Å². The molecule has 0 saturated carbocycles. The summed E-state index contributed by atoms with van der Waals surface area (Å²) in [5.41, 5.74) is 12.0. The smallest absolute Gasteiger partial charge is 0.404 e. The fraction of sp³-hybridized carbons (Fsp3) is 0.667. The summed E-state index contributed by atoms with van der Waals surface area (Å²) in [5.74, 6) is 0.342. The number of rotatable bonds is 22. The normalized spacial score (nSPS) is 18.8. The van der Waals surface area contributed by atoms with E-state index in [-0.39, 0.29) is 31.2 Å². The van der Waals surface area contributed by atoms with Gasteiger partial charge in [0.2, 0.25) is 5.91 Å². The Morgan fingerprint density at radius 3 is 2.16 bits per heavy atom. The molecule has 0 spiro atoms. The van der Waals surface area contributed by atoms with Crippen molar-refractivity contribution in [2.24, 2.45) is 5.73 Å². The summed E-state index contributed by atoms with van der Waals surface area (Å²) in [5, 5.41) is 2.96. The lowest BCUT2D eigenvalue weighted by Crippen LogP contribution is -2.42. The molecule has 3 rings (SSSR count). The molecule has 3 atom stereocenters. The molecule has 1 aliphatic rings. The highest BCUT2D eigenvalue weighted by atomic mass is 31.2. The maximum absolute atomic E-state index is 13.0. The van der Waals surface area contributed by atoms with E-state index in [1.54, 1.807) is 24.3 Å². The zero-order valence-corrected chi connectivity index (χ0v) is 27.9. The van der Waals surface area contributed by atoms with E-state index in [0.717, 1.165) is 18.4 Å². The number of nitrogen functional groups attached to an aromatic ring is 1. The Balaban J connectivity index is 1.23. The summed E-state index contributed by atoms with van der Waals surface area (Å²) >= 11 is 0. The Hall–Kier alpha value is -2.72. The highest BCUT2D eigenvalue weighted by molar-refractivity contribution is 7.54. The van der Waals surface area contributed by atoms with Gasteiger partial charge >= 0.3 is 13.3 Å². The van der Waals surface area contributed by atoms with Crippen molar-refractivity contribution in [3.63, 3.8) is 0 Å². The minimum atomic E-state index is -3.53. The Kier molecular flexibility index (Phi) is 16.7. The Morgan fingerprint density at radius 2 is 1.60 bits per heavy atom. The van der Waals surface area contributed by atoms with Crippen LogP contribution in [0.15, 0.2) is 41.3 Å². The fourth-order valence-corrected chi connectivity index (χ4v) is 6.70. The third-order valence-electron chi connectivity index (χ3n) is 8.01. The highest BCUT2D eigenvalue weighted by Gasteiger charge is 2.35. The van der Waals surface area contributed by atoms with E-state index in [0.29, 0.717) is 18.7 Å². The molecular weight excluding hydrogens is 593 g/mol. The van der Waals surface area contributed by atoms with Gasteiger partial charge < -0.3 is 26.0 Å². The average molecular weight is 648 g/mol. The van der Waals surface area contributed by atoms with Crippen molar-refractivity contribution in [2.75, 3.05) is 25.2 Å². The number of carbonyl (C=O) groups is 1. The number of anilines is 1. The van der Waals surface area contributed by atoms with Crippen molar-refractivity contribution in [3.8, 4) is 5.75 Å². The summed E-state index contributed by atoms with van der Waals surface area (Å²) in [7, 11) is -3.53. The van der Waals surface area contributed by atoms with Gasteiger partial charge in [0.1, 0.15) is 17.7 Å². The van der Waals surface area contributed by atoms with Gasteiger partial charge in [-0.05, 0) is 36.6 Å². The van der Waals surface area contributed by atoms with Gasteiger partial charge in [-0.25, -0.2) is 9.36 Å². The third-order valence-corrected chi connectivity index (χ3v) is 9.51. The van der Waals surface area contributed by atoms with Crippen molar-refractivity contribution >= 4 is 19.3 Å². The van der Waals surface area contributed by atoms with Crippen LogP contribution in [0.25, 0.3) is 0 Å². The average Bonchev–Trinajstić information content (AvgIpc) is 3.02. The zero-order valence-electron chi connectivity index (χ0n) is 27.0. The molecule has 1 aromatic heterocycles. The van der Waals surface area contributed by atoms with Crippen molar-refractivity contribution in [1.29, 1.82) is 0 Å². The number of hydrogen-bond acceptors (Lipinski definition) is 9. The predicted octanol–water partition coefficient (Wildman–Crippen LogP) is 5.94. The van der Waals surface area contributed by atoms with E-state index >= 15 is 0 Å². The van der Waals surface area contributed by atoms with E-state index in [9.17, 15) is 14.2 Å². The Morgan fingerprint density at radius 1 is 1.00 bits per heavy atom. The first-order valence-electron chi connectivity index (χ1n) is 16.8. The first-order valence-corrected chi connectivity index (χ1v) is 18.5. The molecule has 1 unspecified atom stereocenters. The fourth-order valence-electron chi connectivity index (χ4n) is 5.29. The van der Waals surface area contributed by atoms with Gasteiger partial charge in [-0.1, -0.05) is 103 Å². The van der Waals surface area contributed by atoms with E-state index in [1.165, 1.54) is 93.9 Å². The molecule has 1 aliphatic heterocycles. The molecular formula is C33H54N5O6P. The minimum Gasteiger partial charge on any atom is -0.423 e. The molecule has 1 amide bonds. The van der Waals surface area contributed by atoms with Crippen LogP contribution in [-0.4, -0.2) is 47.1 Å². The molecule has 0 bridgehead atoms. The maximum atomic E-state index is 13.0. The SMILES string of the molecule is CCCCCCCCCCCCCCCCNC(=O)[C@@H](N)Cc1ccc(OP2(=O)CO[C@@H](Cn3ccc(N)nc3=O)CO2)cc1. The quantitative estimate of drug-likeness (QED) is 0.104.